The van der Waals surface area contributed by atoms with E-state index in [-0.39, 0.29) is 22.3 Å². The molecule has 0 amide bonds. The lowest BCUT2D eigenvalue weighted by Gasteiger charge is -2.32. The molecule has 38 heavy (non-hydrogen) atoms. The molecule has 2 atom stereocenters. The van der Waals surface area contributed by atoms with Crippen molar-refractivity contribution >= 4 is 17.9 Å². The summed E-state index contributed by atoms with van der Waals surface area (Å²) in [6.45, 7) is 0. The van der Waals surface area contributed by atoms with Crippen LogP contribution in [0, 0.1) is 5.82 Å². The Labute approximate surface area is 217 Å². The van der Waals surface area contributed by atoms with Gasteiger partial charge in [0.2, 0.25) is 0 Å². The quantitative estimate of drug-likeness (QED) is 0.269. The van der Waals surface area contributed by atoms with Crippen molar-refractivity contribution in [3.8, 4) is 0 Å². The van der Waals surface area contributed by atoms with Gasteiger partial charge in [0.25, 0.3) is 5.60 Å². The molecule has 192 valence electrons. The van der Waals surface area contributed by atoms with Gasteiger partial charge in [-0.25, -0.2) is 18.8 Å². The van der Waals surface area contributed by atoms with Gasteiger partial charge >= 0.3 is 17.9 Å². The molecule has 0 bridgehead atoms. The van der Waals surface area contributed by atoms with Crippen molar-refractivity contribution in [2.45, 2.75) is 17.8 Å². The van der Waals surface area contributed by atoms with Gasteiger partial charge in [-0.05, 0) is 23.3 Å². The summed E-state index contributed by atoms with van der Waals surface area (Å²) in [5.74, 6) is -4.42. The lowest BCUT2D eigenvalue weighted by Crippen LogP contribution is -2.45. The van der Waals surface area contributed by atoms with Gasteiger partial charge in [0.15, 0.2) is 12.2 Å². The first-order valence-electron chi connectivity index (χ1n) is 11.6. The molecule has 0 unspecified atom stereocenters. The molecule has 8 heteroatoms. The van der Waals surface area contributed by atoms with Crippen LogP contribution in [-0.4, -0.2) is 28.1 Å². The van der Waals surface area contributed by atoms with Crippen LogP contribution in [0.5, 0.6) is 0 Å². The van der Waals surface area contributed by atoms with Crippen LogP contribution in [0.3, 0.4) is 0 Å². The maximum absolute atomic E-state index is 13.8. The Morgan fingerprint density at radius 3 is 1.53 bits per heavy atom. The third kappa shape index (κ3) is 5.51. The molecule has 0 radical (unpaired) electrons. The van der Waals surface area contributed by atoms with Crippen LogP contribution in [0.2, 0.25) is 0 Å². The van der Waals surface area contributed by atoms with Crippen LogP contribution in [0.25, 0.3) is 0 Å². The van der Waals surface area contributed by atoms with E-state index in [2.05, 4.69) is 0 Å². The first-order chi connectivity index (χ1) is 18.3. The second-order valence-electron chi connectivity index (χ2n) is 8.31. The predicted octanol–water partition coefficient (Wildman–Crippen LogP) is 4.15. The van der Waals surface area contributed by atoms with Gasteiger partial charge in [0.1, 0.15) is 5.82 Å². The molecule has 4 rings (SSSR count). The lowest BCUT2D eigenvalue weighted by atomic mass is 9.85. The number of carbonyl (C=O) groups is 3. The Balaban J connectivity index is 1.76. The first kappa shape index (κ1) is 26.4. The number of benzene rings is 4. The molecule has 0 saturated carbocycles. The van der Waals surface area contributed by atoms with Crippen LogP contribution in [0.1, 0.15) is 34.5 Å². The second kappa shape index (κ2) is 11.6. The molecule has 4 aromatic rings. The molecule has 7 nitrogen and oxygen atoms in total. The third-order valence-corrected chi connectivity index (χ3v) is 5.84. The minimum Gasteiger partial charge on any atom is -0.435 e. The number of aliphatic hydroxyl groups excluding tert-OH is 2. The molecule has 0 heterocycles. The van der Waals surface area contributed by atoms with Crippen molar-refractivity contribution in [3.63, 3.8) is 0 Å². The molecule has 4 aromatic carbocycles. The zero-order valence-electron chi connectivity index (χ0n) is 19.9. The fourth-order valence-electron chi connectivity index (χ4n) is 3.89. The zero-order valence-corrected chi connectivity index (χ0v) is 19.9. The molecule has 0 aliphatic rings. The Morgan fingerprint density at radius 1 is 0.605 bits per heavy atom. The van der Waals surface area contributed by atoms with E-state index in [1.165, 1.54) is 48.5 Å². The number of halogens is 1. The summed E-state index contributed by atoms with van der Waals surface area (Å²) in [6, 6.07) is 28.0. The van der Waals surface area contributed by atoms with E-state index in [0.29, 0.717) is 0 Å². The first-order valence-corrected chi connectivity index (χ1v) is 11.6. The standard InChI is InChI=1S/C30H23FO7/c31-24-18-16-21(17-19-24)26(33)28(35)38-30(22-12-6-2-7-13-22,23-14-8-3-9-15-23)29(36)37-27(34)25(32)20-10-4-1-5-11-20/h1-19,25-26,32-33H/t25-,26-/m1/s1. The van der Waals surface area contributed by atoms with Crippen molar-refractivity contribution in [2.24, 2.45) is 0 Å². The summed E-state index contributed by atoms with van der Waals surface area (Å²) in [5, 5.41) is 21.2. The highest BCUT2D eigenvalue weighted by molar-refractivity contribution is 5.97. The van der Waals surface area contributed by atoms with Crippen molar-refractivity contribution in [1.29, 1.82) is 0 Å². The predicted molar refractivity (Wildman–Crippen MR) is 134 cm³/mol. The Hall–Kier alpha value is -4.66. The third-order valence-electron chi connectivity index (χ3n) is 5.84. The van der Waals surface area contributed by atoms with E-state index in [1.807, 2.05) is 0 Å². The van der Waals surface area contributed by atoms with Gasteiger partial charge in [0, 0.05) is 11.1 Å². The lowest BCUT2D eigenvalue weighted by molar-refractivity contribution is -0.190. The van der Waals surface area contributed by atoms with Crippen LogP contribution >= 0.6 is 0 Å². The van der Waals surface area contributed by atoms with E-state index in [0.717, 1.165) is 12.1 Å². The van der Waals surface area contributed by atoms with Crippen molar-refractivity contribution in [1.82, 2.24) is 0 Å². The van der Waals surface area contributed by atoms with Crippen molar-refractivity contribution in [3.05, 3.63) is 143 Å². The zero-order chi connectivity index (χ0) is 27.1. The molecule has 2 N–H and O–H groups in total. The van der Waals surface area contributed by atoms with Crippen molar-refractivity contribution in [2.75, 3.05) is 0 Å². The topological polar surface area (TPSA) is 110 Å². The van der Waals surface area contributed by atoms with E-state index < -0.39 is 41.5 Å². The Kier molecular flexibility index (Phi) is 8.06. The van der Waals surface area contributed by atoms with Gasteiger partial charge in [-0.2, -0.15) is 0 Å². The number of ether oxygens (including phenoxy) is 2. The SMILES string of the molecule is O=C(OC(=O)C(OC(=O)[C@H](O)c1ccc(F)cc1)(c1ccccc1)c1ccccc1)[C@H](O)c1ccccc1. The number of hydrogen-bond acceptors (Lipinski definition) is 7. The van der Waals surface area contributed by atoms with Crippen LogP contribution in [0.15, 0.2) is 115 Å². The molecular weight excluding hydrogens is 491 g/mol. The van der Waals surface area contributed by atoms with E-state index in [4.69, 9.17) is 9.47 Å². The molecule has 0 aliphatic heterocycles. The largest absolute Gasteiger partial charge is 0.435 e. The maximum atomic E-state index is 13.8. The summed E-state index contributed by atoms with van der Waals surface area (Å²) < 4.78 is 24.2. The number of rotatable bonds is 8. The monoisotopic (exact) mass is 514 g/mol. The van der Waals surface area contributed by atoms with E-state index in [1.54, 1.807) is 54.6 Å². The number of carbonyl (C=O) groups excluding carboxylic acids is 3. The average Bonchev–Trinajstić information content (AvgIpc) is 2.96. The molecule has 0 saturated heterocycles. The number of esters is 3. The fraction of sp³-hybridized carbons (Fsp3) is 0.100. The van der Waals surface area contributed by atoms with Crippen molar-refractivity contribution < 1.29 is 38.5 Å². The molecule has 0 aliphatic carbocycles. The van der Waals surface area contributed by atoms with Gasteiger partial charge in [0.05, 0.1) is 0 Å². The summed E-state index contributed by atoms with van der Waals surface area (Å²) >= 11 is 0. The normalized spacial score (nSPS) is 12.7. The van der Waals surface area contributed by atoms with Gasteiger partial charge in [-0.3, -0.25) is 0 Å². The molecule has 0 fully saturated rings. The van der Waals surface area contributed by atoms with E-state index >= 15 is 0 Å². The molecule has 0 spiro atoms. The minimum atomic E-state index is -2.34. The highest BCUT2D eigenvalue weighted by Gasteiger charge is 2.50. The highest BCUT2D eigenvalue weighted by atomic mass is 19.1. The van der Waals surface area contributed by atoms with Gasteiger partial charge < -0.3 is 19.7 Å². The van der Waals surface area contributed by atoms with Crippen LogP contribution in [-0.2, 0) is 29.5 Å². The summed E-state index contributed by atoms with van der Waals surface area (Å²) in [5.41, 5.74) is -1.88. The number of hydrogen-bond donors (Lipinski definition) is 2. The van der Waals surface area contributed by atoms with Crippen LogP contribution in [0.4, 0.5) is 4.39 Å². The molecular formula is C30H23FO7. The van der Waals surface area contributed by atoms with Crippen LogP contribution < -0.4 is 0 Å². The van der Waals surface area contributed by atoms with Gasteiger partial charge in [-0.1, -0.05) is 103 Å². The summed E-state index contributed by atoms with van der Waals surface area (Å²) in [4.78, 5) is 39.8. The minimum absolute atomic E-state index is 0.0235. The summed E-state index contributed by atoms with van der Waals surface area (Å²) in [6.07, 6.45) is -3.68. The Morgan fingerprint density at radius 2 is 1.03 bits per heavy atom. The second-order valence-corrected chi connectivity index (χ2v) is 8.31. The maximum Gasteiger partial charge on any atom is 0.367 e. The molecule has 0 aromatic heterocycles. The van der Waals surface area contributed by atoms with Gasteiger partial charge in [-0.15, -0.1) is 0 Å². The number of aliphatic hydroxyl groups is 2. The Bertz CT molecular complexity index is 1350. The smallest absolute Gasteiger partial charge is 0.367 e. The summed E-state index contributed by atoms with van der Waals surface area (Å²) in [7, 11) is 0. The highest BCUT2D eigenvalue weighted by Crippen LogP contribution is 2.37. The average molecular weight is 515 g/mol. The van der Waals surface area contributed by atoms with E-state index in [9.17, 15) is 29.0 Å². The fourth-order valence-corrected chi connectivity index (χ4v) is 3.89.